The summed E-state index contributed by atoms with van der Waals surface area (Å²) < 4.78 is 17.2. The number of hydrogen-bond acceptors (Lipinski definition) is 5. The molecule has 0 radical (unpaired) electrons. The quantitative estimate of drug-likeness (QED) is 0.504. The molecular formula is C26H28N2O4. The van der Waals surface area contributed by atoms with Crippen molar-refractivity contribution in [1.29, 1.82) is 0 Å². The lowest BCUT2D eigenvalue weighted by Gasteiger charge is -2.47. The minimum Gasteiger partial charge on any atom is -0.490 e. The van der Waals surface area contributed by atoms with E-state index in [4.69, 9.17) is 14.2 Å². The number of hydrogen-bond donors (Lipinski definition) is 1. The molecule has 6 heteroatoms. The van der Waals surface area contributed by atoms with E-state index >= 15 is 0 Å². The Morgan fingerprint density at radius 1 is 0.844 bits per heavy atom. The van der Waals surface area contributed by atoms with Crippen molar-refractivity contribution in [2.75, 3.05) is 38.8 Å². The van der Waals surface area contributed by atoms with Gasteiger partial charge >= 0.3 is 0 Å². The van der Waals surface area contributed by atoms with Crippen molar-refractivity contribution >= 4 is 11.6 Å². The van der Waals surface area contributed by atoms with Crippen molar-refractivity contribution in [3.05, 3.63) is 90.0 Å². The van der Waals surface area contributed by atoms with Gasteiger partial charge in [-0.25, -0.2) is 0 Å². The van der Waals surface area contributed by atoms with E-state index in [1.165, 1.54) is 0 Å². The molecule has 6 nitrogen and oxygen atoms in total. The summed E-state index contributed by atoms with van der Waals surface area (Å²) in [4.78, 5) is 15.2. The molecule has 1 N–H and O–H groups in total. The van der Waals surface area contributed by atoms with Gasteiger partial charge in [-0.2, -0.15) is 0 Å². The van der Waals surface area contributed by atoms with Gasteiger partial charge in [-0.05, 0) is 37.3 Å². The summed E-state index contributed by atoms with van der Waals surface area (Å²) in [5, 5.41) is 3.57. The third-order valence-corrected chi connectivity index (χ3v) is 5.60. The fourth-order valence-electron chi connectivity index (χ4n) is 4.00. The smallest absolute Gasteiger partial charge is 0.258 e. The van der Waals surface area contributed by atoms with Crippen LogP contribution in [0.15, 0.2) is 78.9 Å². The van der Waals surface area contributed by atoms with Gasteiger partial charge in [0.25, 0.3) is 5.91 Å². The first-order valence-electron chi connectivity index (χ1n) is 10.7. The maximum absolute atomic E-state index is 13.4. The maximum atomic E-state index is 13.4. The third kappa shape index (κ3) is 4.41. The number of fused-ring (bicyclic) bond motifs is 1. The minimum atomic E-state index is -0.805. The van der Waals surface area contributed by atoms with Crippen LogP contribution in [0, 0.1) is 0 Å². The Hall–Kier alpha value is -3.51. The Kier molecular flexibility index (Phi) is 6.61. The number of carbonyl (C=O) groups is 1. The van der Waals surface area contributed by atoms with Crippen molar-refractivity contribution in [2.45, 2.75) is 12.6 Å². The zero-order valence-electron chi connectivity index (χ0n) is 18.4. The number of nitrogens with zero attached hydrogens (tertiary/aromatic N) is 1. The van der Waals surface area contributed by atoms with Gasteiger partial charge in [0.2, 0.25) is 0 Å². The second kappa shape index (κ2) is 9.75. The summed E-state index contributed by atoms with van der Waals surface area (Å²) in [5.41, 5.74) is 1.52. The highest BCUT2D eigenvalue weighted by Gasteiger charge is 2.43. The number of para-hydroxylation sites is 3. The Labute approximate surface area is 188 Å². The summed E-state index contributed by atoms with van der Waals surface area (Å²) in [5.74, 6) is 1.47. The van der Waals surface area contributed by atoms with Crippen LogP contribution < -0.4 is 14.8 Å². The van der Waals surface area contributed by atoms with Crippen molar-refractivity contribution in [1.82, 2.24) is 4.90 Å². The summed E-state index contributed by atoms with van der Waals surface area (Å²) in [6.07, 6.45) is 0. The van der Waals surface area contributed by atoms with Crippen LogP contribution in [0.4, 0.5) is 5.69 Å². The zero-order valence-corrected chi connectivity index (χ0v) is 18.4. The highest BCUT2D eigenvalue weighted by atomic mass is 16.5. The molecule has 3 aromatic carbocycles. The van der Waals surface area contributed by atoms with Crippen LogP contribution >= 0.6 is 0 Å². The molecule has 1 unspecified atom stereocenters. The minimum absolute atomic E-state index is 0.0406. The largest absolute Gasteiger partial charge is 0.490 e. The number of carbonyl (C=O) groups excluding carboxylic acids is 1. The van der Waals surface area contributed by atoms with E-state index in [1.54, 1.807) is 7.11 Å². The molecule has 4 rings (SSSR count). The van der Waals surface area contributed by atoms with Crippen molar-refractivity contribution in [3.63, 3.8) is 0 Å². The average molecular weight is 433 g/mol. The molecule has 0 aliphatic carbocycles. The zero-order chi connectivity index (χ0) is 22.4. The molecule has 1 aliphatic heterocycles. The molecule has 166 valence electrons. The molecule has 1 amide bonds. The third-order valence-electron chi connectivity index (χ3n) is 5.60. The van der Waals surface area contributed by atoms with Gasteiger partial charge < -0.3 is 24.4 Å². The topological polar surface area (TPSA) is 60.0 Å². The fraction of sp³-hybridized carbons (Fsp3) is 0.269. The van der Waals surface area contributed by atoms with Crippen molar-refractivity contribution in [3.8, 4) is 11.5 Å². The van der Waals surface area contributed by atoms with Crippen LogP contribution in [0.5, 0.6) is 11.5 Å². The van der Waals surface area contributed by atoms with Crippen LogP contribution in [-0.4, -0.2) is 44.3 Å². The van der Waals surface area contributed by atoms with Gasteiger partial charge in [0.1, 0.15) is 30.4 Å². The number of rotatable bonds is 9. The molecule has 0 aromatic heterocycles. The summed E-state index contributed by atoms with van der Waals surface area (Å²) >= 11 is 0. The highest BCUT2D eigenvalue weighted by Crippen LogP contribution is 2.41. The summed E-state index contributed by atoms with van der Waals surface area (Å²) in [6.45, 7) is 3.67. The van der Waals surface area contributed by atoms with Crippen LogP contribution in [-0.2, 0) is 10.4 Å². The number of ether oxygens (including phenoxy) is 3. The molecule has 0 spiro atoms. The van der Waals surface area contributed by atoms with E-state index in [2.05, 4.69) is 5.32 Å². The van der Waals surface area contributed by atoms with Crippen LogP contribution in [0.1, 0.15) is 22.8 Å². The number of methoxy groups -OCH3 is 1. The highest BCUT2D eigenvalue weighted by molar-refractivity contribution is 6.02. The van der Waals surface area contributed by atoms with Gasteiger partial charge in [-0.3, -0.25) is 4.79 Å². The number of benzene rings is 3. The van der Waals surface area contributed by atoms with Crippen molar-refractivity contribution < 1.29 is 19.0 Å². The Bertz CT molecular complexity index is 1060. The lowest BCUT2D eigenvalue weighted by atomic mass is 9.93. The standard InChI is InChI=1S/C26H28N2O4/c1-26(27-23-14-8-6-12-21(23)25(29)28(26)16-17-30-2)22-13-7-9-15-24(22)32-19-18-31-20-10-4-3-5-11-20/h3-15,27H,16-19H2,1-2H3. The van der Waals surface area contributed by atoms with E-state index in [9.17, 15) is 4.79 Å². The number of amides is 1. The fourth-order valence-corrected chi connectivity index (χ4v) is 4.00. The van der Waals surface area contributed by atoms with Crippen LogP contribution in [0.25, 0.3) is 0 Å². The van der Waals surface area contributed by atoms with Gasteiger partial charge in [0.05, 0.1) is 12.2 Å². The van der Waals surface area contributed by atoms with E-state index in [0.29, 0.717) is 37.7 Å². The van der Waals surface area contributed by atoms with E-state index in [1.807, 2.05) is 90.7 Å². The van der Waals surface area contributed by atoms with Crippen LogP contribution in [0.2, 0.25) is 0 Å². The first-order chi connectivity index (χ1) is 15.6. The Balaban J connectivity index is 1.58. The van der Waals surface area contributed by atoms with Gasteiger partial charge in [-0.1, -0.05) is 48.5 Å². The predicted molar refractivity (Wildman–Crippen MR) is 124 cm³/mol. The number of nitrogens with one attached hydrogen (secondary N) is 1. The molecule has 1 atom stereocenters. The lowest BCUT2D eigenvalue weighted by molar-refractivity contribution is 0.0430. The summed E-state index contributed by atoms with van der Waals surface area (Å²) in [6, 6.07) is 25.0. The average Bonchev–Trinajstić information content (AvgIpc) is 2.83. The molecule has 0 saturated heterocycles. The first kappa shape index (κ1) is 21.7. The molecule has 3 aromatic rings. The van der Waals surface area contributed by atoms with Gasteiger partial charge in [0, 0.05) is 24.9 Å². The SMILES string of the molecule is COCCN1C(=O)c2ccccc2NC1(C)c1ccccc1OCCOc1ccccc1. The molecule has 0 saturated carbocycles. The lowest BCUT2D eigenvalue weighted by Crippen LogP contribution is -2.56. The molecule has 32 heavy (non-hydrogen) atoms. The Morgan fingerprint density at radius 3 is 2.34 bits per heavy atom. The van der Waals surface area contributed by atoms with Crippen LogP contribution in [0.3, 0.4) is 0 Å². The Morgan fingerprint density at radius 2 is 1.53 bits per heavy atom. The van der Waals surface area contributed by atoms with E-state index in [0.717, 1.165) is 17.0 Å². The van der Waals surface area contributed by atoms with Crippen molar-refractivity contribution in [2.24, 2.45) is 0 Å². The van der Waals surface area contributed by atoms with Gasteiger partial charge in [0.15, 0.2) is 0 Å². The molecule has 0 fully saturated rings. The first-order valence-corrected chi connectivity index (χ1v) is 10.7. The molecule has 1 aliphatic rings. The maximum Gasteiger partial charge on any atom is 0.258 e. The normalized spacial score (nSPS) is 17.4. The molecule has 1 heterocycles. The molecular weight excluding hydrogens is 404 g/mol. The van der Waals surface area contributed by atoms with E-state index in [-0.39, 0.29) is 5.91 Å². The van der Waals surface area contributed by atoms with Gasteiger partial charge in [-0.15, -0.1) is 0 Å². The monoisotopic (exact) mass is 432 g/mol. The second-order valence-electron chi connectivity index (χ2n) is 7.70. The summed E-state index contributed by atoms with van der Waals surface area (Å²) in [7, 11) is 1.64. The predicted octanol–water partition coefficient (Wildman–Crippen LogP) is 4.53. The molecule has 0 bridgehead atoms. The number of anilines is 1. The second-order valence-corrected chi connectivity index (χ2v) is 7.70. The van der Waals surface area contributed by atoms with E-state index < -0.39 is 5.66 Å².